The molecule has 2 rings (SSSR count). The van der Waals surface area contributed by atoms with E-state index in [1.807, 2.05) is 0 Å². The molecule has 0 saturated heterocycles. The topological polar surface area (TPSA) is 75.3 Å². The standard InChI is InChI=1S/C10H8N2O3/c13-8-3-1-7(2-4-8)12-5-9(10(14)15)11-6-12/h1-6,13H,(H,14,15). The van der Waals surface area contributed by atoms with Gasteiger partial charge in [-0.25, -0.2) is 9.78 Å². The second-order valence-electron chi connectivity index (χ2n) is 2.99. The Bertz CT molecular complexity index is 488. The normalized spacial score (nSPS) is 10.1. The van der Waals surface area contributed by atoms with Crippen LogP contribution in [0.25, 0.3) is 5.69 Å². The van der Waals surface area contributed by atoms with Gasteiger partial charge in [0.15, 0.2) is 5.69 Å². The Kier molecular flexibility index (Phi) is 2.13. The number of carboxylic acid groups (broad SMARTS) is 1. The summed E-state index contributed by atoms with van der Waals surface area (Å²) in [5, 5.41) is 17.8. The number of imidazole rings is 1. The van der Waals surface area contributed by atoms with Crippen molar-refractivity contribution < 1.29 is 15.0 Å². The number of nitrogens with zero attached hydrogens (tertiary/aromatic N) is 2. The molecule has 2 N–H and O–H groups in total. The summed E-state index contributed by atoms with van der Waals surface area (Å²) in [6, 6.07) is 6.39. The van der Waals surface area contributed by atoms with Crippen LogP contribution in [0.1, 0.15) is 10.5 Å². The van der Waals surface area contributed by atoms with Gasteiger partial charge in [0.2, 0.25) is 0 Å². The highest BCUT2D eigenvalue weighted by Crippen LogP contribution is 2.13. The first-order chi connectivity index (χ1) is 7.16. The highest BCUT2D eigenvalue weighted by atomic mass is 16.4. The van der Waals surface area contributed by atoms with Gasteiger partial charge in [0, 0.05) is 11.9 Å². The Morgan fingerprint density at radius 3 is 2.47 bits per heavy atom. The van der Waals surface area contributed by atoms with E-state index in [4.69, 9.17) is 10.2 Å². The van der Waals surface area contributed by atoms with Crippen molar-refractivity contribution in [2.45, 2.75) is 0 Å². The Labute approximate surface area is 85.2 Å². The third kappa shape index (κ3) is 1.80. The number of hydrogen-bond acceptors (Lipinski definition) is 3. The fourth-order valence-electron chi connectivity index (χ4n) is 1.20. The maximum atomic E-state index is 10.6. The predicted octanol–water partition coefficient (Wildman–Crippen LogP) is 1.28. The summed E-state index contributed by atoms with van der Waals surface area (Å²) in [7, 11) is 0. The highest BCUT2D eigenvalue weighted by Gasteiger charge is 2.06. The summed E-state index contributed by atoms with van der Waals surface area (Å²) >= 11 is 0. The van der Waals surface area contributed by atoms with Crippen molar-refractivity contribution in [2.75, 3.05) is 0 Å². The highest BCUT2D eigenvalue weighted by molar-refractivity contribution is 5.85. The van der Waals surface area contributed by atoms with E-state index in [1.54, 1.807) is 16.7 Å². The minimum absolute atomic E-state index is 0.0110. The molecule has 5 nitrogen and oxygen atoms in total. The summed E-state index contributed by atoms with van der Waals surface area (Å²) in [4.78, 5) is 14.3. The van der Waals surface area contributed by atoms with E-state index in [0.29, 0.717) is 0 Å². The second kappa shape index (κ2) is 3.45. The maximum Gasteiger partial charge on any atom is 0.356 e. The van der Waals surface area contributed by atoms with Crippen LogP contribution in [-0.4, -0.2) is 25.7 Å². The van der Waals surface area contributed by atoms with Crippen molar-refractivity contribution in [3.05, 3.63) is 42.5 Å². The van der Waals surface area contributed by atoms with Gasteiger partial charge in [0.1, 0.15) is 12.1 Å². The van der Waals surface area contributed by atoms with E-state index in [1.165, 1.54) is 24.7 Å². The molecule has 76 valence electrons. The van der Waals surface area contributed by atoms with Gasteiger partial charge in [-0.15, -0.1) is 0 Å². The summed E-state index contributed by atoms with van der Waals surface area (Å²) in [6.45, 7) is 0. The van der Waals surface area contributed by atoms with Crippen LogP contribution < -0.4 is 0 Å². The summed E-state index contributed by atoms with van der Waals surface area (Å²) in [6.07, 6.45) is 2.82. The zero-order chi connectivity index (χ0) is 10.8. The molecule has 0 radical (unpaired) electrons. The summed E-state index contributed by atoms with van der Waals surface area (Å²) < 4.78 is 1.57. The van der Waals surface area contributed by atoms with E-state index in [-0.39, 0.29) is 11.4 Å². The number of aromatic nitrogens is 2. The molecule has 1 heterocycles. The van der Waals surface area contributed by atoms with Crippen LogP contribution in [0.2, 0.25) is 0 Å². The molecular weight excluding hydrogens is 196 g/mol. The minimum atomic E-state index is -1.06. The molecule has 15 heavy (non-hydrogen) atoms. The van der Waals surface area contributed by atoms with Crippen molar-refractivity contribution in [1.82, 2.24) is 9.55 Å². The van der Waals surface area contributed by atoms with Gasteiger partial charge < -0.3 is 14.8 Å². The fourth-order valence-corrected chi connectivity index (χ4v) is 1.20. The van der Waals surface area contributed by atoms with E-state index in [0.717, 1.165) is 5.69 Å². The second-order valence-corrected chi connectivity index (χ2v) is 2.99. The van der Waals surface area contributed by atoms with Crippen molar-refractivity contribution in [2.24, 2.45) is 0 Å². The van der Waals surface area contributed by atoms with Crippen molar-refractivity contribution in [3.63, 3.8) is 0 Å². The number of carboxylic acids is 1. The average molecular weight is 204 g/mol. The number of phenols is 1. The first-order valence-corrected chi connectivity index (χ1v) is 4.23. The molecule has 0 aliphatic heterocycles. The first kappa shape index (κ1) is 9.26. The van der Waals surface area contributed by atoms with Crippen molar-refractivity contribution in [3.8, 4) is 11.4 Å². The van der Waals surface area contributed by atoms with Gasteiger partial charge in [0.25, 0.3) is 0 Å². The van der Waals surface area contributed by atoms with Gasteiger partial charge in [0.05, 0.1) is 0 Å². The molecule has 0 amide bonds. The van der Waals surface area contributed by atoms with Crippen LogP contribution in [0.5, 0.6) is 5.75 Å². The largest absolute Gasteiger partial charge is 0.508 e. The lowest BCUT2D eigenvalue weighted by molar-refractivity contribution is 0.0691. The molecule has 2 aromatic rings. The number of aromatic carboxylic acids is 1. The maximum absolute atomic E-state index is 10.6. The van der Waals surface area contributed by atoms with E-state index < -0.39 is 5.97 Å². The number of rotatable bonds is 2. The Hall–Kier alpha value is -2.30. The lowest BCUT2D eigenvalue weighted by atomic mass is 10.3. The van der Waals surface area contributed by atoms with E-state index >= 15 is 0 Å². The van der Waals surface area contributed by atoms with Crippen LogP contribution >= 0.6 is 0 Å². The van der Waals surface area contributed by atoms with E-state index in [9.17, 15) is 4.79 Å². The van der Waals surface area contributed by atoms with E-state index in [2.05, 4.69) is 4.98 Å². The van der Waals surface area contributed by atoms with Crippen LogP contribution in [-0.2, 0) is 0 Å². The van der Waals surface area contributed by atoms with Gasteiger partial charge in [-0.3, -0.25) is 0 Å². The number of hydrogen-bond donors (Lipinski definition) is 2. The van der Waals surface area contributed by atoms with Gasteiger partial charge in [-0.2, -0.15) is 0 Å². The molecule has 0 fully saturated rings. The number of phenolic OH excluding ortho intramolecular Hbond substituents is 1. The van der Waals surface area contributed by atoms with Crippen LogP contribution in [0.4, 0.5) is 0 Å². The van der Waals surface area contributed by atoms with Crippen LogP contribution in [0, 0.1) is 0 Å². The zero-order valence-corrected chi connectivity index (χ0v) is 7.66. The van der Waals surface area contributed by atoms with Gasteiger partial charge >= 0.3 is 5.97 Å². The monoisotopic (exact) mass is 204 g/mol. The molecule has 0 saturated carbocycles. The molecule has 1 aromatic heterocycles. The van der Waals surface area contributed by atoms with Crippen molar-refractivity contribution in [1.29, 1.82) is 0 Å². The molecule has 0 unspecified atom stereocenters. The molecule has 0 atom stereocenters. The summed E-state index contributed by atoms with van der Waals surface area (Å²) in [5.41, 5.74) is 0.732. The molecule has 0 spiro atoms. The number of benzene rings is 1. The number of carbonyl (C=O) groups is 1. The summed E-state index contributed by atoms with van der Waals surface area (Å²) in [5.74, 6) is -0.898. The Morgan fingerprint density at radius 1 is 1.27 bits per heavy atom. The SMILES string of the molecule is O=C(O)c1cn(-c2ccc(O)cc2)cn1. The Balaban J connectivity index is 2.37. The van der Waals surface area contributed by atoms with Gasteiger partial charge in [-0.05, 0) is 24.3 Å². The Morgan fingerprint density at radius 2 is 1.93 bits per heavy atom. The van der Waals surface area contributed by atoms with Crippen molar-refractivity contribution >= 4 is 5.97 Å². The molecule has 0 bridgehead atoms. The number of aromatic hydroxyl groups is 1. The molecular formula is C10H8N2O3. The zero-order valence-electron chi connectivity index (χ0n) is 7.66. The minimum Gasteiger partial charge on any atom is -0.508 e. The lowest BCUT2D eigenvalue weighted by Gasteiger charge is -2.00. The third-order valence-electron chi connectivity index (χ3n) is 1.95. The predicted molar refractivity (Wildman–Crippen MR) is 52.2 cm³/mol. The molecule has 1 aromatic carbocycles. The third-order valence-corrected chi connectivity index (χ3v) is 1.95. The quantitative estimate of drug-likeness (QED) is 0.772. The van der Waals surface area contributed by atoms with Crippen LogP contribution in [0.3, 0.4) is 0 Å². The van der Waals surface area contributed by atoms with Gasteiger partial charge in [-0.1, -0.05) is 0 Å². The fraction of sp³-hybridized carbons (Fsp3) is 0. The smallest absolute Gasteiger partial charge is 0.356 e. The lowest BCUT2D eigenvalue weighted by Crippen LogP contribution is -1.95. The molecule has 0 aliphatic carbocycles. The van der Waals surface area contributed by atoms with Crippen LogP contribution in [0.15, 0.2) is 36.8 Å². The molecule has 0 aliphatic rings. The first-order valence-electron chi connectivity index (χ1n) is 4.23. The molecule has 5 heteroatoms. The average Bonchev–Trinajstić information content (AvgIpc) is 2.68.